The van der Waals surface area contributed by atoms with Gasteiger partial charge in [0, 0.05) is 25.3 Å². The minimum atomic E-state index is -3.57. The first kappa shape index (κ1) is 15.5. The summed E-state index contributed by atoms with van der Waals surface area (Å²) in [6.45, 7) is 0. The number of hydrogen-bond acceptors (Lipinski definition) is 4. The van der Waals surface area contributed by atoms with Gasteiger partial charge in [0.1, 0.15) is 6.10 Å². The average molecular weight is 306 g/mol. The Kier molecular flexibility index (Phi) is 4.32. The van der Waals surface area contributed by atoms with Crippen LogP contribution in [0.5, 0.6) is 0 Å². The first-order valence-electron chi connectivity index (χ1n) is 6.39. The number of nitrogen functional groups attached to an aromatic ring is 1. The molecule has 0 radical (unpaired) electrons. The number of nitrogens with two attached hydrogens (primary N) is 1. The number of benzene rings is 2. The van der Waals surface area contributed by atoms with Crippen LogP contribution in [0.1, 0.15) is 17.2 Å². The highest BCUT2D eigenvalue weighted by atomic mass is 32.2. The van der Waals surface area contributed by atoms with Gasteiger partial charge in [0.25, 0.3) is 0 Å². The van der Waals surface area contributed by atoms with Crippen LogP contribution in [0.4, 0.5) is 5.69 Å². The molecule has 0 saturated carbocycles. The van der Waals surface area contributed by atoms with Gasteiger partial charge in [-0.05, 0) is 23.8 Å². The van der Waals surface area contributed by atoms with Gasteiger partial charge in [-0.2, -0.15) is 0 Å². The number of rotatable bonds is 4. The van der Waals surface area contributed by atoms with Crippen LogP contribution in [0.25, 0.3) is 0 Å². The standard InChI is InChI=1S/C15H18N2O3S/c1-17(2)21(19,20)12-8-9-14(16)13(10-12)15(18)11-6-4-3-5-7-11/h3-10,15,18H,16H2,1-2H3/t15-/m0/s1. The topological polar surface area (TPSA) is 83.6 Å². The molecular formula is C15H18N2O3S. The van der Waals surface area contributed by atoms with E-state index in [1.54, 1.807) is 24.3 Å². The molecule has 0 bridgehead atoms. The second-order valence-electron chi connectivity index (χ2n) is 4.89. The highest BCUT2D eigenvalue weighted by Crippen LogP contribution is 2.29. The lowest BCUT2D eigenvalue weighted by Crippen LogP contribution is -2.22. The lowest BCUT2D eigenvalue weighted by atomic mass is 10.0. The zero-order valence-electron chi connectivity index (χ0n) is 11.9. The molecular weight excluding hydrogens is 288 g/mol. The van der Waals surface area contributed by atoms with E-state index < -0.39 is 16.1 Å². The molecule has 0 aliphatic heterocycles. The first-order chi connectivity index (χ1) is 9.84. The molecule has 1 atom stereocenters. The molecule has 3 N–H and O–H groups in total. The Bertz CT molecular complexity index is 728. The van der Waals surface area contributed by atoms with Crippen molar-refractivity contribution in [3.63, 3.8) is 0 Å². The van der Waals surface area contributed by atoms with Crippen molar-refractivity contribution in [1.29, 1.82) is 0 Å². The number of nitrogens with zero attached hydrogens (tertiary/aromatic N) is 1. The maximum atomic E-state index is 12.2. The van der Waals surface area contributed by atoms with Crippen molar-refractivity contribution in [2.24, 2.45) is 0 Å². The van der Waals surface area contributed by atoms with E-state index in [-0.39, 0.29) is 4.90 Å². The molecule has 2 aromatic rings. The molecule has 21 heavy (non-hydrogen) atoms. The van der Waals surface area contributed by atoms with Crippen LogP contribution in [0.2, 0.25) is 0 Å². The fourth-order valence-corrected chi connectivity index (χ4v) is 2.91. The number of aliphatic hydroxyl groups is 1. The summed E-state index contributed by atoms with van der Waals surface area (Å²) in [5, 5.41) is 10.4. The molecule has 6 heteroatoms. The predicted molar refractivity (Wildman–Crippen MR) is 82.2 cm³/mol. The van der Waals surface area contributed by atoms with Crippen molar-refractivity contribution in [3.05, 3.63) is 59.7 Å². The Morgan fingerprint density at radius 1 is 1.10 bits per heavy atom. The fourth-order valence-electron chi connectivity index (χ4n) is 1.98. The second-order valence-corrected chi connectivity index (χ2v) is 7.04. The summed E-state index contributed by atoms with van der Waals surface area (Å²) in [7, 11) is -0.651. The summed E-state index contributed by atoms with van der Waals surface area (Å²) in [6, 6.07) is 13.3. The quantitative estimate of drug-likeness (QED) is 0.840. The predicted octanol–water partition coefficient (Wildman–Crippen LogP) is 1.60. The van der Waals surface area contributed by atoms with E-state index in [2.05, 4.69) is 0 Å². The van der Waals surface area contributed by atoms with Crippen molar-refractivity contribution in [3.8, 4) is 0 Å². The van der Waals surface area contributed by atoms with E-state index in [9.17, 15) is 13.5 Å². The number of anilines is 1. The van der Waals surface area contributed by atoms with Gasteiger partial charge in [0.2, 0.25) is 10.0 Å². The maximum Gasteiger partial charge on any atom is 0.242 e. The Balaban J connectivity index is 2.51. The van der Waals surface area contributed by atoms with Crippen molar-refractivity contribution >= 4 is 15.7 Å². The summed E-state index contributed by atoms with van der Waals surface area (Å²) >= 11 is 0. The van der Waals surface area contributed by atoms with E-state index in [4.69, 9.17) is 5.73 Å². The fraction of sp³-hybridized carbons (Fsp3) is 0.200. The Morgan fingerprint density at radius 2 is 1.71 bits per heavy atom. The molecule has 0 unspecified atom stereocenters. The molecule has 0 heterocycles. The molecule has 0 fully saturated rings. The highest BCUT2D eigenvalue weighted by Gasteiger charge is 2.21. The van der Waals surface area contributed by atoms with Crippen LogP contribution in [0, 0.1) is 0 Å². The van der Waals surface area contributed by atoms with E-state index in [0.29, 0.717) is 16.8 Å². The average Bonchev–Trinajstić information content (AvgIpc) is 2.47. The van der Waals surface area contributed by atoms with Gasteiger partial charge in [0.15, 0.2) is 0 Å². The first-order valence-corrected chi connectivity index (χ1v) is 7.83. The van der Waals surface area contributed by atoms with Crippen molar-refractivity contribution in [1.82, 2.24) is 4.31 Å². The van der Waals surface area contributed by atoms with E-state index in [0.717, 1.165) is 4.31 Å². The molecule has 0 saturated heterocycles. The molecule has 0 aliphatic carbocycles. The third-order valence-electron chi connectivity index (χ3n) is 3.25. The lowest BCUT2D eigenvalue weighted by Gasteiger charge is -2.17. The summed E-state index contributed by atoms with van der Waals surface area (Å²) in [5.74, 6) is 0. The van der Waals surface area contributed by atoms with E-state index in [1.165, 1.54) is 32.3 Å². The summed E-state index contributed by atoms with van der Waals surface area (Å²) in [6.07, 6.45) is -0.969. The Morgan fingerprint density at radius 3 is 2.29 bits per heavy atom. The van der Waals surface area contributed by atoms with Crippen LogP contribution >= 0.6 is 0 Å². The SMILES string of the molecule is CN(C)S(=O)(=O)c1ccc(N)c([C@@H](O)c2ccccc2)c1. The van der Waals surface area contributed by atoms with Gasteiger partial charge in [-0.15, -0.1) is 0 Å². The lowest BCUT2D eigenvalue weighted by molar-refractivity contribution is 0.221. The van der Waals surface area contributed by atoms with Crippen LogP contribution in [0.15, 0.2) is 53.4 Å². The summed E-state index contributed by atoms with van der Waals surface area (Å²) in [5.41, 5.74) is 7.26. The van der Waals surface area contributed by atoms with Crippen molar-refractivity contribution < 1.29 is 13.5 Å². The van der Waals surface area contributed by atoms with Crippen LogP contribution < -0.4 is 5.73 Å². The van der Waals surface area contributed by atoms with Gasteiger partial charge < -0.3 is 10.8 Å². The number of aliphatic hydroxyl groups excluding tert-OH is 1. The summed E-state index contributed by atoms with van der Waals surface area (Å²) in [4.78, 5) is 0.103. The molecule has 5 nitrogen and oxygen atoms in total. The molecule has 0 aromatic heterocycles. The third-order valence-corrected chi connectivity index (χ3v) is 5.06. The van der Waals surface area contributed by atoms with Crippen LogP contribution in [-0.4, -0.2) is 31.9 Å². The van der Waals surface area contributed by atoms with Gasteiger partial charge in [-0.25, -0.2) is 12.7 Å². The molecule has 2 rings (SSSR count). The smallest absolute Gasteiger partial charge is 0.242 e. The summed E-state index contributed by atoms with van der Waals surface area (Å²) < 4.78 is 25.4. The van der Waals surface area contributed by atoms with Gasteiger partial charge in [-0.3, -0.25) is 0 Å². The van der Waals surface area contributed by atoms with Crippen molar-refractivity contribution in [2.75, 3.05) is 19.8 Å². The number of sulfonamides is 1. The molecule has 112 valence electrons. The van der Waals surface area contributed by atoms with Crippen molar-refractivity contribution in [2.45, 2.75) is 11.0 Å². The molecule has 0 amide bonds. The zero-order chi connectivity index (χ0) is 15.6. The van der Waals surface area contributed by atoms with Gasteiger partial charge >= 0.3 is 0 Å². The van der Waals surface area contributed by atoms with Crippen LogP contribution in [0.3, 0.4) is 0 Å². The van der Waals surface area contributed by atoms with E-state index in [1.807, 2.05) is 6.07 Å². The normalized spacial score (nSPS) is 13.3. The highest BCUT2D eigenvalue weighted by molar-refractivity contribution is 7.89. The molecule has 0 spiro atoms. The second kappa shape index (κ2) is 5.85. The van der Waals surface area contributed by atoms with Gasteiger partial charge in [-0.1, -0.05) is 30.3 Å². The van der Waals surface area contributed by atoms with Gasteiger partial charge in [0.05, 0.1) is 4.90 Å². The third kappa shape index (κ3) is 3.07. The largest absolute Gasteiger partial charge is 0.398 e. The minimum absolute atomic E-state index is 0.103. The van der Waals surface area contributed by atoms with Crippen LogP contribution in [-0.2, 0) is 10.0 Å². The molecule has 0 aliphatic rings. The monoisotopic (exact) mass is 306 g/mol. The molecule has 2 aromatic carbocycles. The van der Waals surface area contributed by atoms with E-state index >= 15 is 0 Å². The minimum Gasteiger partial charge on any atom is -0.398 e. The Hall–Kier alpha value is -1.89. The Labute approximate surface area is 124 Å². The maximum absolute atomic E-state index is 12.2. The zero-order valence-corrected chi connectivity index (χ0v) is 12.7. The number of hydrogen-bond donors (Lipinski definition) is 2.